The topological polar surface area (TPSA) is 46.5 Å². The van der Waals surface area contributed by atoms with Crippen LogP contribution in [0.15, 0.2) is 12.7 Å². The molecule has 0 aromatic carbocycles. The number of hydrogen-bond acceptors (Lipinski definition) is 2. The number of carboxylic acid groups (broad SMARTS) is 1. The predicted octanol–water partition coefficient (Wildman–Crippen LogP) is 4.05. The van der Waals surface area contributed by atoms with E-state index >= 15 is 0 Å². The highest BCUT2D eigenvalue weighted by atomic mass is 19.5. The first-order valence-electron chi connectivity index (χ1n) is 6.70. The Labute approximate surface area is 124 Å². The third-order valence-electron chi connectivity index (χ3n) is 3.01. The second-order valence-corrected chi connectivity index (χ2v) is 3.97. The summed E-state index contributed by atoms with van der Waals surface area (Å²) < 4.78 is 44.3. The van der Waals surface area contributed by atoms with Gasteiger partial charge in [0.2, 0.25) is 0 Å². The molecule has 4 nitrogen and oxygen atoms in total. The number of carbonyl (C=O) groups is 1. The molecule has 0 saturated heterocycles. The fourth-order valence-electron chi connectivity index (χ4n) is 1.47. The lowest BCUT2D eigenvalue weighted by Crippen LogP contribution is -2.47. The fourth-order valence-corrected chi connectivity index (χ4v) is 1.47. The van der Waals surface area contributed by atoms with Gasteiger partial charge in [-0.1, -0.05) is 12.7 Å². The van der Waals surface area contributed by atoms with E-state index in [9.17, 15) is 22.1 Å². The maximum atomic E-state index is 9.75. The average Bonchev–Trinajstić information content (AvgIpc) is 2.38. The maximum Gasteiger partial charge on any atom is 0.673 e. The quantitative estimate of drug-likeness (QED) is 0.264. The second-order valence-electron chi connectivity index (χ2n) is 3.97. The highest BCUT2D eigenvalue weighted by Crippen LogP contribution is 2.06. The minimum Gasteiger partial charge on any atom is -0.450 e. The van der Waals surface area contributed by atoms with Crippen molar-refractivity contribution in [3.05, 3.63) is 12.7 Å². The standard InChI is InChI=1S/C8H20N.C4H6O3.BF4/c1-5-9(6-2,7-3)8-4;1-2-3-7-4(5)6;2-1(3,4)5/h5-8H2,1-4H3;2H,1,3H2,(H,5,6);/q+1;;-1. The van der Waals surface area contributed by atoms with Crippen molar-refractivity contribution in [1.82, 2.24) is 0 Å². The van der Waals surface area contributed by atoms with Gasteiger partial charge >= 0.3 is 13.4 Å². The van der Waals surface area contributed by atoms with Crippen LogP contribution in [0.1, 0.15) is 27.7 Å². The van der Waals surface area contributed by atoms with Crippen molar-refractivity contribution in [3.63, 3.8) is 0 Å². The van der Waals surface area contributed by atoms with Crippen molar-refractivity contribution >= 4 is 13.4 Å². The van der Waals surface area contributed by atoms with Crippen molar-refractivity contribution in [2.75, 3.05) is 32.8 Å². The summed E-state index contributed by atoms with van der Waals surface area (Å²) in [6, 6.07) is 0. The Morgan fingerprint density at radius 1 is 1.10 bits per heavy atom. The van der Waals surface area contributed by atoms with Gasteiger partial charge in [0, 0.05) is 0 Å². The van der Waals surface area contributed by atoms with Crippen LogP contribution in [0.5, 0.6) is 0 Å². The van der Waals surface area contributed by atoms with Gasteiger partial charge < -0.3 is 31.6 Å². The van der Waals surface area contributed by atoms with Crippen molar-refractivity contribution in [2.24, 2.45) is 0 Å². The molecule has 0 unspecified atom stereocenters. The van der Waals surface area contributed by atoms with E-state index in [2.05, 4.69) is 39.0 Å². The van der Waals surface area contributed by atoms with Gasteiger partial charge in [-0.25, -0.2) is 4.79 Å². The van der Waals surface area contributed by atoms with Crippen molar-refractivity contribution in [3.8, 4) is 0 Å². The maximum absolute atomic E-state index is 9.75. The molecule has 0 aromatic heterocycles. The summed E-state index contributed by atoms with van der Waals surface area (Å²) in [5, 5.41) is 7.77. The van der Waals surface area contributed by atoms with Crippen LogP contribution in [0.2, 0.25) is 0 Å². The van der Waals surface area contributed by atoms with Crippen molar-refractivity contribution in [1.29, 1.82) is 0 Å². The first-order valence-corrected chi connectivity index (χ1v) is 6.70. The smallest absolute Gasteiger partial charge is 0.450 e. The molecule has 0 atom stereocenters. The molecule has 0 aliphatic carbocycles. The molecule has 0 spiro atoms. The summed E-state index contributed by atoms with van der Waals surface area (Å²) in [6.45, 7) is 17.5. The fraction of sp³-hybridized carbons (Fsp3) is 0.750. The van der Waals surface area contributed by atoms with Crippen LogP contribution >= 0.6 is 0 Å². The molecule has 0 aromatic rings. The molecular formula is C12H26BF4NO3. The first kappa shape index (κ1) is 24.8. The largest absolute Gasteiger partial charge is 0.673 e. The Balaban J connectivity index is -0.000000242. The van der Waals surface area contributed by atoms with Gasteiger partial charge in [0.15, 0.2) is 0 Å². The second kappa shape index (κ2) is 13.7. The van der Waals surface area contributed by atoms with Gasteiger partial charge in [-0.05, 0) is 27.7 Å². The molecule has 0 fully saturated rings. The van der Waals surface area contributed by atoms with Crippen LogP contribution in [0.3, 0.4) is 0 Å². The molecule has 0 aliphatic rings. The van der Waals surface area contributed by atoms with Crippen LogP contribution < -0.4 is 0 Å². The molecule has 1 N–H and O–H groups in total. The van der Waals surface area contributed by atoms with Crippen LogP contribution in [0.25, 0.3) is 0 Å². The van der Waals surface area contributed by atoms with Crippen LogP contribution in [-0.2, 0) is 4.74 Å². The highest BCUT2D eigenvalue weighted by molar-refractivity contribution is 6.50. The summed E-state index contributed by atoms with van der Waals surface area (Å²) in [4.78, 5) is 9.49. The van der Waals surface area contributed by atoms with Crippen molar-refractivity contribution < 1.29 is 36.4 Å². The Kier molecular flexibility index (Phi) is 16.2. The molecule has 0 heterocycles. The van der Waals surface area contributed by atoms with Crippen molar-refractivity contribution in [2.45, 2.75) is 27.7 Å². The molecule has 0 bridgehead atoms. The number of rotatable bonds is 6. The Morgan fingerprint density at radius 3 is 1.43 bits per heavy atom. The van der Waals surface area contributed by atoms with E-state index in [0.29, 0.717) is 0 Å². The number of quaternary nitrogens is 1. The lowest BCUT2D eigenvalue weighted by Gasteiger charge is -2.34. The molecule has 0 radical (unpaired) electrons. The average molecular weight is 319 g/mol. The molecule has 0 saturated carbocycles. The number of hydrogen-bond donors (Lipinski definition) is 1. The molecule has 0 rings (SSSR count). The zero-order valence-corrected chi connectivity index (χ0v) is 13.1. The molecule has 21 heavy (non-hydrogen) atoms. The van der Waals surface area contributed by atoms with Gasteiger partial charge in [-0.2, -0.15) is 0 Å². The molecule has 9 heteroatoms. The van der Waals surface area contributed by atoms with E-state index in [0.717, 1.165) is 0 Å². The van der Waals surface area contributed by atoms with E-state index < -0.39 is 13.4 Å². The highest BCUT2D eigenvalue weighted by Gasteiger charge is 2.20. The van der Waals surface area contributed by atoms with E-state index in [1.165, 1.54) is 36.7 Å². The Morgan fingerprint density at radius 2 is 1.38 bits per heavy atom. The normalized spacial score (nSPS) is 10.5. The molecule has 128 valence electrons. The summed E-state index contributed by atoms with van der Waals surface area (Å²) in [5.41, 5.74) is 0. The molecule has 0 aliphatic heterocycles. The minimum atomic E-state index is -6.00. The SMILES string of the molecule is C=CCOC(=O)O.CC[N+](CC)(CC)CC.F[B-](F)(F)F. The lowest BCUT2D eigenvalue weighted by atomic mass is 10.3. The third kappa shape index (κ3) is 24.2. The number of nitrogens with zero attached hydrogens (tertiary/aromatic N) is 1. The van der Waals surface area contributed by atoms with E-state index in [4.69, 9.17) is 5.11 Å². The third-order valence-corrected chi connectivity index (χ3v) is 3.01. The Hall–Kier alpha value is -1.25. The number of halogens is 4. The summed E-state index contributed by atoms with van der Waals surface area (Å²) >= 11 is 0. The summed E-state index contributed by atoms with van der Waals surface area (Å²) in [7, 11) is -6.00. The Bertz CT molecular complexity index is 248. The van der Waals surface area contributed by atoms with Crippen LogP contribution in [0.4, 0.5) is 22.1 Å². The van der Waals surface area contributed by atoms with Gasteiger partial charge in [-0.3, -0.25) is 0 Å². The first-order chi connectivity index (χ1) is 9.51. The monoisotopic (exact) mass is 319 g/mol. The van der Waals surface area contributed by atoms with E-state index in [-0.39, 0.29) is 6.61 Å². The molecule has 0 amide bonds. The zero-order chi connectivity index (χ0) is 17.5. The van der Waals surface area contributed by atoms with Gasteiger partial charge in [-0.15, -0.1) is 0 Å². The zero-order valence-electron chi connectivity index (χ0n) is 13.1. The summed E-state index contributed by atoms with van der Waals surface area (Å²) in [6.07, 6.45) is 0.105. The molecular weight excluding hydrogens is 293 g/mol. The van der Waals surface area contributed by atoms with Gasteiger partial charge in [0.1, 0.15) is 6.61 Å². The lowest BCUT2D eigenvalue weighted by molar-refractivity contribution is -0.921. The van der Waals surface area contributed by atoms with Gasteiger partial charge in [0.05, 0.1) is 26.2 Å². The predicted molar refractivity (Wildman–Crippen MR) is 76.8 cm³/mol. The van der Waals surface area contributed by atoms with E-state index in [1.807, 2.05) is 0 Å². The van der Waals surface area contributed by atoms with Crippen LogP contribution in [0, 0.1) is 0 Å². The van der Waals surface area contributed by atoms with Crippen LogP contribution in [-0.4, -0.2) is 55.8 Å². The minimum absolute atomic E-state index is 0.0648. The number of ether oxygens (including phenoxy) is 1. The summed E-state index contributed by atoms with van der Waals surface area (Å²) in [5.74, 6) is 0. The van der Waals surface area contributed by atoms with E-state index in [1.54, 1.807) is 0 Å². The van der Waals surface area contributed by atoms with Gasteiger partial charge in [0.25, 0.3) is 0 Å².